The highest BCUT2D eigenvalue weighted by Gasteiger charge is 2.04. The number of non-ortho nitro benzene ring substituents is 1. The van der Waals surface area contributed by atoms with Gasteiger partial charge >= 0.3 is 5.97 Å². The number of ether oxygens (including phenoxy) is 7. The van der Waals surface area contributed by atoms with Crippen molar-refractivity contribution in [3.63, 3.8) is 0 Å². The second-order valence-corrected chi connectivity index (χ2v) is 6.63. The Bertz CT molecular complexity index is 626. The third kappa shape index (κ3) is 16.9. The molecule has 1 aromatic rings. The van der Waals surface area contributed by atoms with Crippen LogP contribution in [0.25, 0.3) is 0 Å². The van der Waals surface area contributed by atoms with E-state index in [-0.39, 0.29) is 18.3 Å². The van der Waals surface area contributed by atoms with E-state index in [2.05, 4.69) is 0 Å². The number of nitrogens with zero attached hydrogens (tertiary/aromatic N) is 1. The zero-order valence-corrected chi connectivity index (χ0v) is 19.2. The number of hydrogen-bond donors (Lipinski definition) is 0. The second kappa shape index (κ2) is 20.3. The van der Waals surface area contributed by atoms with Gasteiger partial charge in [0.2, 0.25) is 0 Å². The maximum absolute atomic E-state index is 11.1. The van der Waals surface area contributed by atoms with E-state index in [1.165, 1.54) is 12.1 Å². The predicted molar refractivity (Wildman–Crippen MR) is 119 cm³/mol. The lowest BCUT2D eigenvalue weighted by atomic mass is 10.3. The smallest absolute Gasteiger partial charge is 0.305 e. The molecule has 0 atom stereocenters. The van der Waals surface area contributed by atoms with Crippen LogP contribution in [-0.2, 0) is 33.2 Å². The number of rotatable bonds is 22. The standard InChI is InChI=1S/C22H35NO10/c1-2-3-22(24)33-19-17-31-15-13-29-11-9-27-8-10-28-12-14-30-16-18-32-21-6-4-20(5-7-21)23(25)26/h4-7H,2-3,8-19H2,1H3. The van der Waals surface area contributed by atoms with Gasteiger partial charge in [0.05, 0.1) is 71.0 Å². The topological polar surface area (TPSA) is 125 Å². The average Bonchev–Trinajstić information content (AvgIpc) is 2.81. The fourth-order valence-electron chi connectivity index (χ4n) is 2.35. The molecule has 11 nitrogen and oxygen atoms in total. The van der Waals surface area contributed by atoms with Crippen LogP contribution in [0.5, 0.6) is 5.75 Å². The molecular weight excluding hydrogens is 438 g/mol. The average molecular weight is 474 g/mol. The third-order valence-electron chi connectivity index (χ3n) is 3.98. The Balaban J connectivity index is 1.75. The van der Waals surface area contributed by atoms with Crippen LogP contribution in [0.2, 0.25) is 0 Å². The van der Waals surface area contributed by atoms with Crippen LogP contribution in [0.4, 0.5) is 5.69 Å². The third-order valence-corrected chi connectivity index (χ3v) is 3.98. The zero-order chi connectivity index (χ0) is 24.0. The Hall–Kier alpha value is -2.31. The fraction of sp³-hybridized carbons (Fsp3) is 0.682. The summed E-state index contributed by atoms with van der Waals surface area (Å²) in [6, 6.07) is 5.89. The van der Waals surface area contributed by atoms with E-state index < -0.39 is 4.92 Å². The van der Waals surface area contributed by atoms with Gasteiger partial charge in [0, 0.05) is 18.6 Å². The predicted octanol–water partition coefficient (Wildman–Crippen LogP) is 2.40. The van der Waals surface area contributed by atoms with Crippen LogP contribution < -0.4 is 4.74 Å². The lowest BCUT2D eigenvalue weighted by Crippen LogP contribution is -2.15. The summed E-state index contributed by atoms with van der Waals surface area (Å²) in [4.78, 5) is 21.3. The van der Waals surface area contributed by atoms with Gasteiger partial charge in [-0.15, -0.1) is 0 Å². The molecule has 0 radical (unpaired) electrons. The van der Waals surface area contributed by atoms with Crippen LogP contribution in [0.1, 0.15) is 19.8 Å². The van der Waals surface area contributed by atoms with Crippen molar-refractivity contribution in [2.45, 2.75) is 19.8 Å². The molecule has 0 bridgehead atoms. The number of esters is 1. The quantitative estimate of drug-likeness (QED) is 0.107. The van der Waals surface area contributed by atoms with Crippen molar-refractivity contribution < 1.29 is 42.9 Å². The van der Waals surface area contributed by atoms with Gasteiger partial charge in [0.15, 0.2) is 0 Å². The van der Waals surface area contributed by atoms with E-state index in [1.807, 2.05) is 6.92 Å². The van der Waals surface area contributed by atoms with E-state index >= 15 is 0 Å². The summed E-state index contributed by atoms with van der Waals surface area (Å²) in [5, 5.41) is 10.6. The van der Waals surface area contributed by atoms with Crippen molar-refractivity contribution in [3.05, 3.63) is 34.4 Å². The maximum atomic E-state index is 11.1. The zero-order valence-electron chi connectivity index (χ0n) is 19.2. The highest BCUT2D eigenvalue weighted by Crippen LogP contribution is 2.16. The maximum Gasteiger partial charge on any atom is 0.305 e. The van der Waals surface area contributed by atoms with Crippen molar-refractivity contribution in [2.75, 3.05) is 79.3 Å². The van der Waals surface area contributed by atoms with Crippen LogP contribution in [0.15, 0.2) is 24.3 Å². The first-order valence-electron chi connectivity index (χ1n) is 11.0. The number of carbonyl (C=O) groups is 1. The molecule has 0 fully saturated rings. The molecule has 188 valence electrons. The molecule has 0 N–H and O–H groups in total. The van der Waals surface area contributed by atoms with Crippen molar-refractivity contribution >= 4 is 11.7 Å². The fourth-order valence-corrected chi connectivity index (χ4v) is 2.35. The molecule has 1 aromatic carbocycles. The van der Waals surface area contributed by atoms with Gasteiger partial charge in [-0.2, -0.15) is 0 Å². The summed E-state index contributed by atoms with van der Waals surface area (Å²) < 4.78 is 37.3. The summed E-state index contributed by atoms with van der Waals surface area (Å²) in [6.45, 7) is 6.92. The minimum Gasteiger partial charge on any atom is -0.491 e. The first kappa shape index (κ1) is 28.7. The van der Waals surface area contributed by atoms with Crippen molar-refractivity contribution in [1.29, 1.82) is 0 Å². The van der Waals surface area contributed by atoms with Crippen molar-refractivity contribution in [1.82, 2.24) is 0 Å². The van der Waals surface area contributed by atoms with E-state index in [1.54, 1.807) is 12.1 Å². The molecule has 0 aliphatic heterocycles. The second-order valence-electron chi connectivity index (χ2n) is 6.63. The molecule has 0 unspecified atom stereocenters. The molecule has 11 heteroatoms. The minimum atomic E-state index is -0.456. The van der Waals surface area contributed by atoms with E-state index in [4.69, 9.17) is 33.2 Å². The SMILES string of the molecule is CCCC(=O)OCCOCCOCCOCCOCCOCCOc1ccc([N+](=O)[O-])cc1. The Morgan fingerprint density at radius 2 is 1.15 bits per heavy atom. The number of hydrogen-bond acceptors (Lipinski definition) is 10. The molecule has 0 spiro atoms. The molecule has 0 aromatic heterocycles. The first-order chi connectivity index (χ1) is 16.1. The summed E-state index contributed by atoms with van der Waals surface area (Å²) >= 11 is 0. The first-order valence-corrected chi connectivity index (χ1v) is 11.0. The molecule has 0 aliphatic rings. The monoisotopic (exact) mass is 473 g/mol. The number of nitro benzene ring substituents is 1. The Morgan fingerprint density at radius 3 is 1.58 bits per heavy atom. The van der Waals surface area contributed by atoms with Gasteiger partial charge in [-0.25, -0.2) is 0 Å². The molecule has 0 amide bonds. The largest absolute Gasteiger partial charge is 0.491 e. The lowest BCUT2D eigenvalue weighted by Gasteiger charge is -2.09. The summed E-state index contributed by atoms with van der Waals surface area (Å²) in [6.07, 6.45) is 1.21. The summed E-state index contributed by atoms with van der Waals surface area (Å²) in [7, 11) is 0. The van der Waals surface area contributed by atoms with Crippen LogP contribution in [-0.4, -0.2) is 90.2 Å². The summed E-state index contributed by atoms with van der Waals surface area (Å²) in [5.41, 5.74) is 0.0250. The number of benzene rings is 1. The lowest BCUT2D eigenvalue weighted by molar-refractivity contribution is -0.384. The molecule has 0 saturated heterocycles. The highest BCUT2D eigenvalue weighted by atomic mass is 16.6. The molecule has 0 saturated carbocycles. The van der Waals surface area contributed by atoms with Gasteiger partial charge in [0.1, 0.15) is 19.0 Å². The normalized spacial score (nSPS) is 10.8. The van der Waals surface area contributed by atoms with Crippen molar-refractivity contribution in [2.24, 2.45) is 0 Å². The van der Waals surface area contributed by atoms with Gasteiger partial charge < -0.3 is 33.2 Å². The molecule has 33 heavy (non-hydrogen) atoms. The highest BCUT2D eigenvalue weighted by molar-refractivity contribution is 5.69. The molecular formula is C22H35NO10. The van der Waals surface area contributed by atoms with Crippen molar-refractivity contribution in [3.8, 4) is 5.75 Å². The Labute approximate surface area is 194 Å². The van der Waals surface area contributed by atoms with Gasteiger partial charge in [0.25, 0.3) is 5.69 Å². The molecule has 0 heterocycles. The van der Waals surface area contributed by atoms with Gasteiger partial charge in [-0.3, -0.25) is 14.9 Å². The van der Waals surface area contributed by atoms with Gasteiger partial charge in [-0.1, -0.05) is 6.92 Å². The van der Waals surface area contributed by atoms with Crippen LogP contribution in [0, 0.1) is 10.1 Å². The Morgan fingerprint density at radius 1 is 0.727 bits per heavy atom. The molecule has 0 aliphatic carbocycles. The molecule has 1 rings (SSSR count). The van der Waals surface area contributed by atoms with E-state index in [0.29, 0.717) is 84.8 Å². The van der Waals surface area contributed by atoms with Gasteiger partial charge in [-0.05, 0) is 18.6 Å². The number of nitro groups is 1. The Kier molecular flexibility index (Phi) is 17.7. The summed E-state index contributed by atoms with van der Waals surface area (Å²) in [5.74, 6) is 0.358. The van der Waals surface area contributed by atoms with Crippen LogP contribution in [0.3, 0.4) is 0 Å². The minimum absolute atomic E-state index is 0.0250. The van der Waals surface area contributed by atoms with E-state index in [9.17, 15) is 14.9 Å². The van der Waals surface area contributed by atoms with Crippen LogP contribution >= 0.6 is 0 Å². The number of carbonyl (C=O) groups excluding carboxylic acids is 1. The van der Waals surface area contributed by atoms with E-state index in [0.717, 1.165) is 6.42 Å².